The smallest absolute Gasteiger partial charge is 0.370 e. The molecule has 0 aromatic carbocycles. The minimum absolute atomic E-state index is 0.0509. The number of nitrogens with one attached hydrogen (secondary N) is 2. The van der Waals surface area contributed by atoms with Gasteiger partial charge >= 0.3 is 6.18 Å². The second-order valence-corrected chi connectivity index (χ2v) is 5.78. The number of hydrogen-bond donors (Lipinski definition) is 2. The monoisotopic (exact) mass is 302 g/mol. The van der Waals surface area contributed by atoms with E-state index in [1.807, 2.05) is 20.8 Å². The molecule has 4 nitrogen and oxygen atoms in total. The molecule has 0 spiro atoms. The Morgan fingerprint density at radius 1 is 1.24 bits per heavy atom. The summed E-state index contributed by atoms with van der Waals surface area (Å²) < 4.78 is 39.1. The number of hydrogen-bond acceptors (Lipinski definition) is 4. The number of alkyl halides is 3. The van der Waals surface area contributed by atoms with Crippen molar-refractivity contribution >= 4 is 11.6 Å². The summed E-state index contributed by atoms with van der Waals surface area (Å²) in [5, 5.41) is 5.67. The fourth-order valence-electron chi connectivity index (χ4n) is 1.98. The highest BCUT2D eigenvalue weighted by molar-refractivity contribution is 5.51. The molecule has 1 aromatic heterocycles. The van der Waals surface area contributed by atoms with Gasteiger partial charge < -0.3 is 10.6 Å². The van der Waals surface area contributed by atoms with Gasteiger partial charge in [-0.05, 0) is 19.3 Å². The zero-order valence-corrected chi connectivity index (χ0v) is 12.5. The van der Waals surface area contributed by atoms with E-state index >= 15 is 0 Å². The van der Waals surface area contributed by atoms with Crippen molar-refractivity contribution in [2.24, 2.45) is 0 Å². The predicted molar refractivity (Wildman–Crippen MR) is 76.5 cm³/mol. The SMILES string of the molecule is CCCNc1cc(NC2(C(F)(F)F)CC2)nc(C(C)C)n1. The third kappa shape index (κ3) is 3.57. The van der Waals surface area contributed by atoms with Crippen LogP contribution in [0.5, 0.6) is 0 Å². The molecule has 7 heteroatoms. The third-order valence-electron chi connectivity index (χ3n) is 3.48. The van der Waals surface area contributed by atoms with Crippen molar-refractivity contribution < 1.29 is 13.2 Å². The molecule has 0 atom stereocenters. The van der Waals surface area contributed by atoms with E-state index in [0.717, 1.165) is 13.0 Å². The lowest BCUT2D eigenvalue weighted by Gasteiger charge is -2.22. The van der Waals surface area contributed by atoms with Crippen molar-refractivity contribution in [1.82, 2.24) is 9.97 Å². The topological polar surface area (TPSA) is 49.8 Å². The summed E-state index contributed by atoms with van der Waals surface area (Å²) in [5.74, 6) is 1.39. The van der Waals surface area contributed by atoms with Crippen molar-refractivity contribution in [3.63, 3.8) is 0 Å². The number of aromatic nitrogens is 2. The van der Waals surface area contributed by atoms with E-state index in [1.165, 1.54) is 0 Å². The Hall–Kier alpha value is -1.53. The van der Waals surface area contributed by atoms with Crippen LogP contribution < -0.4 is 10.6 Å². The minimum Gasteiger partial charge on any atom is -0.370 e. The minimum atomic E-state index is -4.26. The van der Waals surface area contributed by atoms with E-state index in [1.54, 1.807) is 6.07 Å². The first-order chi connectivity index (χ1) is 9.77. The van der Waals surface area contributed by atoms with Crippen LogP contribution in [0, 0.1) is 0 Å². The first-order valence-corrected chi connectivity index (χ1v) is 7.25. The van der Waals surface area contributed by atoms with Crippen LogP contribution in [0.3, 0.4) is 0 Å². The maximum Gasteiger partial charge on any atom is 0.411 e. The fourth-order valence-corrected chi connectivity index (χ4v) is 1.98. The Bertz CT molecular complexity index is 495. The maximum absolute atomic E-state index is 13.0. The molecule has 0 bridgehead atoms. The average molecular weight is 302 g/mol. The van der Waals surface area contributed by atoms with Gasteiger partial charge in [0.25, 0.3) is 0 Å². The number of anilines is 2. The number of nitrogens with zero attached hydrogens (tertiary/aromatic N) is 2. The van der Waals surface area contributed by atoms with E-state index in [4.69, 9.17) is 0 Å². The van der Waals surface area contributed by atoms with Crippen LogP contribution in [0.15, 0.2) is 6.07 Å². The quantitative estimate of drug-likeness (QED) is 0.836. The van der Waals surface area contributed by atoms with Crippen molar-refractivity contribution in [2.45, 2.75) is 57.7 Å². The standard InChI is InChI=1S/C14H21F3N4/c1-4-7-18-10-8-11(20-12(19-10)9(2)3)21-13(5-6-13)14(15,16)17/h8-9H,4-7H2,1-3H3,(H2,18,19,20,21). The van der Waals surface area contributed by atoms with Crippen molar-refractivity contribution in [1.29, 1.82) is 0 Å². The highest BCUT2D eigenvalue weighted by atomic mass is 19.4. The van der Waals surface area contributed by atoms with E-state index in [2.05, 4.69) is 20.6 Å². The zero-order chi connectivity index (χ0) is 15.7. The summed E-state index contributed by atoms with van der Waals surface area (Å²) >= 11 is 0. The van der Waals surface area contributed by atoms with E-state index in [-0.39, 0.29) is 24.6 Å². The third-order valence-corrected chi connectivity index (χ3v) is 3.48. The molecule has 1 fully saturated rings. The first-order valence-electron chi connectivity index (χ1n) is 7.25. The van der Waals surface area contributed by atoms with Gasteiger partial charge in [-0.1, -0.05) is 20.8 Å². The van der Waals surface area contributed by atoms with Gasteiger partial charge in [0.1, 0.15) is 23.0 Å². The molecular formula is C14H21F3N4. The van der Waals surface area contributed by atoms with Crippen LogP contribution in [-0.4, -0.2) is 28.2 Å². The molecule has 2 N–H and O–H groups in total. The molecule has 0 unspecified atom stereocenters. The Balaban J connectivity index is 2.24. The number of halogens is 3. The predicted octanol–water partition coefficient (Wildman–Crippen LogP) is 3.93. The summed E-state index contributed by atoms with van der Waals surface area (Å²) in [6, 6.07) is 1.55. The molecule has 1 heterocycles. The number of rotatable bonds is 6. The van der Waals surface area contributed by atoms with Gasteiger partial charge in [-0.2, -0.15) is 13.2 Å². The van der Waals surface area contributed by atoms with Gasteiger partial charge in [0.2, 0.25) is 0 Å². The fraction of sp³-hybridized carbons (Fsp3) is 0.714. The summed E-state index contributed by atoms with van der Waals surface area (Å²) in [6.07, 6.45) is -3.16. The van der Waals surface area contributed by atoms with Gasteiger partial charge in [0, 0.05) is 18.5 Å². The summed E-state index contributed by atoms with van der Waals surface area (Å²) in [7, 11) is 0. The molecule has 0 amide bonds. The van der Waals surface area contributed by atoms with Crippen LogP contribution in [0.4, 0.5) is 24.8 Å². The summed E-state index contributed by atoms with van der Waals surface area (Å²) in [6.45, 7) is 6.57. The van der Waals surface area contributed by atoms with Gasteiger partial charge in [-0.25, -0.2) is 9.97 Å². The molecular weight excluding hydrogens is 281 g/mol. The van der Waals surface area contributed by atoms with E-state index < -0.39 is 11.7 Å². The van der Waals surface area contributed by atoms with Crippen LogP contribution in [0.2, 0.25) is 0 Å². The van der Waals surface area contributed by atoms with Crippen molar-refractivity contribution in [2.75, 3.05) is 17.2 Å². The Morgan fingerprint density at radius 2 is 1.86 bits per heavy atom. The molecule has 0 aliphatic heterocycles. The average Bonchev–Trinajstić information content (AvgIpc) is 3.16. The molecule has 2 rings (SSSR count). The molecule has 0 radical (unpaired) electrons. The lowest BCUT2D eigenvalue weighted by atomic mass is 10.2. The second kappa shape index (κ2) is 5.69. The van der Waals surface area contributed by atoms with Crippen molar-refractivity contribution in [3.05, 3.63) is 11.9 Å². The molecule has 1 saturated carbocycles. The Labute approximate surface area is 122 Å². The molecule has 1 aliphatic rings. The highest BCUT2D eigenvalue weighted by Gasteiger charge is 2.63. The van der Waals surface area contributed by atoms with Gasteiger partial charge in [0.05, 0.1) is 0 Å². The van der Waals surface area contributed by atoms with Crippen LogP contribution in [0.25, 0.3) is 0 Å². The van der Waals surface area contributed by atoms with Gasteiger partial charge in [-0.3, -0.25) is 0 Å². The van der Waals surface area contributed by atoms with Crippen LogP contribution in [0.1, 0.15) is 51.8 Å². The van der Waals surface area contributed by atoms with E-state index in [9.17, 15) is 13.2 Å². The summed E-state index contributed by atoms with van der Waals surface area (Å²) in [4.78, 5) is 8.56. The van der Waals surface area contributed by atoms with E-state index in [0.29, 0.717) is 11.6 Å². The largest absolute Gasteiger partial charge is 0.411 e. The molecule has 118 valence electrons. The maximum atomic E-state index is 13.0. The summed E-state index contributed by atoms with van der Waals surface area (Å²) in [5.41, 5.74) is -1.81. The first kappa shape index (κ1) is 15.9. The van der Waals surface area contributed by atoms with Gasteiger partial charge in [0.15, 0.2) is 0 Å². The zero-order valence-electron chi connectivity index (χ0n) is 12.5. The molecule has 21 heavy (non-hydrogen) atoms. The van der Waals surface area contributed by atoms with Crippen LogP contribution >= 0.6 is 0 Å². The Kier molecular flexibility index (Phi) is 4.30. The molecule has 1 aliphatic carbocycles. The lowest BCUT2D eigenvalue weighted by Crippen LogP contribution is -2.39. The molecule has 0 saturated heterocycles. The second-order valence-electron chi connectivity index (χ2n) is 5.78. The van der Waals surface area contributed by atoms with Gasteiger partial charge in [-0.15, -0.1) is 0 Å². The molecule has 1 aromatic rings. The Morgan fingerprint density at radius 3 is 2.33 bits per heavy atom. The lowest BCUT2D eigenvalue weighted by molar-refractivity contribution is -0.151. The van der Waals surface area contributed by atoms with Crippen molar-refractivity contribution in [3.8, 4) is 0 Å². The highest BCUT2D eigenvalue weighted by Crippen LogP contribution is 2.51. The van der Waals surface area contributed by atoms with Crippen LogP contribution in [-0.2, 0) is 0 Å². The normalized spacial score (nSPS) is 16.9.